The topological polar surface area (TPSA) is 0 Å². The fourth-order valence-electron chi connectivity index (χ4n) is 8.67. The first kappa shape index (κ1) is 33.1. The molecule has 0 aromatic heterocycles. The van der Waals surface area contributed by atoms with Crippen LogP contribution >= 0.6 is 0 Å². The summed E-state index contributed by atoms with van der Waals surface area (Å²) in [7, 11) is 0. The summed E-state index contributed by atoms with van der Waals surface area (Å²) in [4.78, 5) is 0. The van der Waals surface area contributed by atoms with Gasteiger partial charge >= 0.3 is 309 Å². The van der Waals surface area contributed by atoms with Crippen molar-refractivity contribution in [3.8, 4) is 22.3 Å². The molecule has 0 nitrogen and oxygen atoms in total. The summed E-state index contributed by atoms with van der Waals surface area (Å²) >= 11 is -2.72. The molecule has 245 valence electrons. The number of hydrogen-bond donors (Lipinski definition) is 0. The molecule has 0 bridgehead atoms. The number of fused-ring (bicyclic) bond motifs is 2. The van der Waals surface area contributed by atoms with E-state index in [0.717, 1.165) is 0 Å². The number of allylic oxidation sites excluding steroid dienone is 2. The molecule has 2 heteroatoms. The average Bonchev–Trinajstić information content (AvgIpc) is 3.71. The maximum absolute atomic E-state index is 2.72. The van der Waals surface area contributed by atoms with Crippen molar-refractivity contribution in [3.63, 3.8) is 0 Å². The number of aryl methyl sites for hydroxylation is 2. The van der Waals surface area contributed by atoms with Crippen molar-refractivity contribution in [1.82, 2.24) is 0 Å². The zero-order chi connectivity index (χ0) is 34.5. The molecule has 0 saturated carbocycles. The van der Waals surface area contributed by atoms with Gasteiger partial charge in [0.25, 0.3) is 0 Å². The Morgan fingerprint density at radius 3 is 1.20 bits per heavy atom. The van der Waals surface area contributed by atoms with Crippen LogP contribution in [0.5, 0.6) is 0 Å². The normalized spacial score (nSPS) is 16.2. The van der Waals surface area contributed by atoms with Crippen molar-refractivity contribution in [2.75, 3.05) is 0 Å². The van der Waals surface area contributed by atoms with Crippen molar-refractivity contribution in [2.24, 2.45) is 0 Å². The third kappa shape index (κ3) is 5.62. The predicted molar refractivity (Wildman–Crippen MR) is 216 cm³/mol. The molecule has 50 heavy (non-hydrogen) atoms. The van der Waals surface area contributed by atoms with E-state index in [4.69, 9.17) is 0 Å². The Balaban J connectivity index is 1.38. The summed E-state index contributed by atoms with van der Waals surface area (Å²) < 4.78 is 1.00. The van der Waals surface area contributed by atoms with E-state index in [0.29, 0.717) is 7.35 Å². The summed E-state index contributed by atoms with van der Waals surface area (Å²) in [6.45, 7) is 14.4. The zero-order valence-electron chi connectivity index (χ0n) is 30.1. The fourth-order valence-corrected chi connectivity index (χ4v) is 40.2. The molecule has 0 N–H and O–H groups in total. The summed E-state index contributed by atoms with van der Waals surface area (Å²) in [6, 6.07) is 50.8. The molecular weight excluding hydrogens is 783 g/mol. The number of rotatable bonds is 7. The van der Waals surface area contributed by atoms with E-state index in [1.807, 2.05) is 0 Å². The van der Waals surface area contributed by atoms with Crippen LogP contribution in [-0.2, 0) is 20.6 Å². The van der Waals surface area contributed by atoms with Crippen LogP contribution in [0.2, 0.25) is 13.1 Å². The van der Waals surface area contributed by atoms with Crippen LogP contribution in [0.15, 0.2) is 133 Å². The van der Waals surface area contributed by atoms with Gasteiger partial charge < -0.3 is 0 Å². The molecule has 8 rings (SSSR count). The second-order valence-corrected chi connectivity index (χ2v) is 42.5. The SMILES string of the molecule is Cc1cccc(-c2cccc3c2C=C(c2ccccc2)[CH]3[Hf]([CH]2C(c3ccccc3)=Cc3c(-c4cccc(C)c4C)cccc32)[SiH](C)C)c1C. The zero-order valence-corrected chi connectivity index (χ0v) is 34.8. The summed E-state index contributed by atoms with van der Waals surface area (Å²) in [6.07, 6.45) is 5.23. The van der Waals surface area contributed by atoms with Gasteiger partial charge in [-0.2, -0.15) is 0 Å². The van der Waals surface area contributed by atoms with Crippen molar-refractivity contribution in [1.29, 1.82) is 0 Å². The summed E-state index contributed by atoms with van der Waals surface area (Å²) in [5, 5.41) is 0. The molecule has 0 aliphatic heterocycles. The van der Waals surface area contributed by atoms with E-state index in [1.54, 1.807) is 22.3 Å². The van der Waals surface area contributed by atoms with Crippen LogP contribution in [0.1, 0.15) is 63.0 Å². The summed E-state index contributed by atoms with van der Waals surface area (Å²) in [5.41, 5.74) is 23.0. The Morgan fingerprint density at radius 1 is 0.420 bits per heavy atom. The fraction of sp³-hybridized carbons (Fsp3) is 0.167. The molecule has 0 amide bonds. The second-order valence-electron chi connectivity index (χ2n) is 14.6. The van der Waals surface area contributed by atoms with Gasteiger partial charge in [-0.05, 0) is 0 Å². The van der Waals surface area contributed by atoms with E-state index in [-0.39, 0.29) is 0 Å². The Kier molecular flexibility index (Phi) is 8.96. The van der Waals surface area contributed by atoms with Crippen LogP contribution < -0.4 is 0 Å². The molecule has 0 heterocycles. The quantitative estimate of drug-likeness (QED) is 0.141. The third-order valence-corrected chi connectivity index (χ3v) is 41.9. The molecule has 2 atom stereocenters. The van der Waals surface area contributed by atoms with E-state index in [9.17, 15) is 0 Å². The molecule has 6 aromatic rings. The van der Waals surface area contributed by atoms with Gasteiger partial charge in [-0.15, -0.1) is 0 Å². The molecule has 6 aromatic carbocycles. The van der Waals surface area contributed by atoms with Crippen LogP contribution in [0.25, 0.3) is 45.6 Å². The first-order valence-corrected chi connectivity index (χ1v) is 31.4. The molecule has 0 fully saturated rings. The van der Waals surface area contributed by atoms with Gasteiger partial charge in [0, 0.05) is 0 Å². The van der Waals surface area contributed by atoms with E-state index < -0.39 is 26.6 Å². The first-order chi connectivity index (χ1) is 24.3. The molecule has 2 aliphatic rings. The van der Waals surface area contributed by atoms with Gasteiger partial charge in [-0.1, -0.05) is 0 Å². The van der Waals surface area contributed by atoms with Crippen LogP contribution in [0.4, 0.5) is 0 Å². The monoisotopic (exact) mass is 829 g/mol. The third-order valence-electron chi connectivity index (χ3n) is 11.5. The minimum absolute atomic E-state index is 0.501. The Bertz CT molecular complexity index is 2130. The van der Waals surface area contributed by atoms with Crippen LogP contribution in [0, 0.1) is 27.7 Å². The Hall–Kier alpha value is -4.11. The van der Waals surface area contributed by atoms with Crippen molar-refractivity contribution >= 4 is 29.3 Å². The van der Waals surface area contributed by atoms with Gasteiger partial charge in [-0.25, -0.2) is 0 Å². The molecule has 0 spiro atoms. The molecule has 0 radical (unpaired) electrons. The Labute approximate surface area is 307 Å². The summed E-state index contributed by atoms with van der Waals surface area (Å²) in [5.74, 6) is -1.12. The van der Waals surface area contributed by atoms with E-state index in [2.05, 4.69) is 186 Å². The van der Waals surface area contributed by atoms with Crippen molar-refractivity contribution in [3.05, 3.63) is 189 Å². The number of benzene rings is 6. The standard InChI is InChI=1S/2C23H19.C2H7Si.Hf/c2*1-16-8-6-12-21(17(16)2)22-13-7-11-19-14-20(15-23(19)22)18-9-4-3-5-10-18;1-3-2;/h2*3-15H,1-2H3;3H,1-2H3;. The maximum atomic E-state index is 2.69. The molecule has 0 saturated heterocycles. The molecule has 2 unspecified atom stereocenters. The van der Waals surface area contributed by atoms with Crippen molar-refractivity contribution < 1.29 is 20.6 Å². The first-order valence-electron chi connectivity index (χ1n) is 18.1. The van der Waals surface area contributed by atoms with Gasteiger partial charge in [0.05, 0.1) is 0 Å². The second kappa shape index (κ2) is 13.5. The van der Waals surface area contributed by atoms with Gasteiger partial charge in [0.1, 0.15) is 0 Å². The van der Waals surface area contributed by atoms with Crippen molar-refractivity contribution in [2.45, 2.75) is 48.1 Å². The minimum atomic E-state index is -2.72. The number of hydrogen-bond acceptors (Lipinski definition) is 0. The average molecular weight is 828 g/mol. The van der Waals surface area contributed by atoms with Crippen LogP contribution in [0.3, 0.4) is 0 Å². The predicted octanol–water partition coefficient (Wildman–Crippen LogP) is 12.7. The van der Waals surface area contributed by atoms with E-state index >= 15 is 0 Å². The van der Waals surface area contributed by atoms with Gasteiger partial charge in [0.2, 0.25) is 0 Å². The van der Waals surface area contributed by atoms with Gasteiger partial charge in [0.15, 0.2) is 0 Å². The van der Waals surface area contributed by atoms with E-state index in [1.165, 1.54) is 66.8 Å². The Morgan fingerprint density at radius 2 is 0.800 bits per heavy atom. The molecule has 2 aliphatic carbocycles. The van der Waals surface area contributed by atoms with Gasteiger partial charge in [-0.3, -0.25) is 0 Å². The molecular formula is C48H45HfSi. The van der Waals surface area contributed by atoms with Crippen LogP contribution in [-0.4, -0.2) is 5.98 Å².